The highest BCUT2D eigenvalue weighted by atomic mass is 19.2. The Hall–Kier alpha value is -1.52. The van der Waals surface area contributed by atoms with Gasteiger partial charge in [-0.3, -0.25) is 4.79 Å². The maximum atomic E-state index is 13.3. The van der Waals surface area contributed by atoms with E-state index >= 15 is 0 Å². The fourth-order valence-corrected chi connectivity index (χ4v) is 1.48. The Balaban J connectivity index is 3.09. The number of hydrogen-bond donors (Lipinski definition) is 0. The minimum Gasteiger partial charge on any atom is -0.336 e. The summed E-state index contributed by atoms with van der Waals surface area (Å²) in [5, 5.41) is 0. The number of carbonyl (C=O) groups is 1. The van der Waals surface area contributed by atoms with Gasteiger partial charge in [0.15, 0.2) is 5.82 Å². The van der Waals surface area contributed by atoms with Crippen molar-refractivity contribution < 1.29 is 13.6 Å². The summed E-state index contributed by atoms with van der Waals surface area (Å²) in [6.07, 6.45) is 1.08. The average Bonchev–Trinajstić information content (AvgIpc) is 2.22. The van der Waals surface area contributed by atoms with Gasteiger partial charge in [0.25, 0.3) is 5.91 Å². The van der Waals surface area contributed by atoms with Crippen LogP contribution in [0.1, 0.15) is 31.1 Å². The van der Waals surface area contributed by atoms with Gasteiger partial charge in [-0.05, 0) is 26.8 Å². The Morgan fingerprint density at radius 1 is 1.50 bits per heavy atom. The molecule has 0 bridgehead atoms. The van der Waals surface area contributed by atoms with Crippen LogP contribution in [0.2, 0.25) is 0 Å². The molecule has 1 rings (SSSR count). The van der Waals surface area contributed by atoms with Crippen LogP contribution in [0, 0.1) is 11.8 Å². The molecule has 16 heavy (non-hydrogen) atoms. The minimum atomic E-state index is -1.24. The number of pyridine rings is 1. The highest BCUT2D eigenvalue weighted by molar-refractivity contribution is 5.94. The molecule has 0 unspecified atom stereocenters. The monoisotopic (exact) mass is 228 g/mol. The summed E-state index contributed by atoms with van der Waals surface area (Å²) in [6.45, 7) is 5.86. The number of aromatic nitrogens is 1. The van der Waals surface area contributed by atoms with Crippen LogP contribution in [0.15, 0.2) is 12.3 Å². The third-order valence-electron chi connectivity index (χ3n) is 2.30. The van der Waals surface area contributed by atoms with E-state index < -0.39 is 17.7 Å². The summed E-state index contributed by atoms with van der Waals surface area (Å²) in [5.74, 6) is -2.95. The molecule has 1 amide bonds. The first kappa shape index (κ1) is 12.5. The Bertz CT molecular complexity index is 394. The molecule has 0 aromatic carbocycles. The van der Waals surface area contributed by atoms with Crippen LogP contribution < -0.4 is 0 Å². The van der Waals surface area contributed by atoms with Gasteiger partial charge in [-0.15, -0.1) is 0 Å². The summed E-state index contributed by atoms with van der Waals surface area (Å²) < 4.78 is 26.2. The molecule has 0 saturated carbocycles. The van der Waals surface area contributed by atoms with Gasteiger partial charge in [0, 0.05) is 18.8 Å². The first-order valence-corrected chi connectivity index (χ1v) is 5.10. The van der Waals surface area contributed by atoms with E-state index in [1.807, 2.05) is 13.8 Å². The van der Waals surface area contributed by atoms with Crippen LogP contribution >= 0.6 is 0 Å². The van der Waals surface area contributed by atoms with Gasteiger partial charge < -0.3 is 4.90 Å². The van der Waals surface area contributed by atoms with Crippen LogP contribution in [0.5, 0.6) is 0 Å². The molecule has 0 aliphatic rings. The van der Waals surface area contributed by atoms with Crippen LogP contribution in [-0.4, -0.2) is 28.4 Å². The average molecular weight is 228 g/mol. The molecule has 3 nitrogen and oxygen atoms in total. The third kappa shape index (κ3) is 2.35. The third-order valence-corrected chi connectivity index (χ3v) is 2.30. The normalized spacial score (nSPS) is 10.6. The predicted molar refractivity (Wildman–Crippen MR) is 56.0 cm³/mol. The fourth-order valence-electron chi connectivity index (χ4n) is 1.48. The Kier molecular flexibility index (Phi) is 3.93. The molecule has 88 valence electrons. The van der Waals surface area contributed by atoms with Crippen molar-refractivity contribution in [2.45, 2.75) is 26.8 Å². The Morgan fingerprint density at radius 3 is 2.62 bits per heavy atom. The SMILES string of the molecule is CCN(C(=O)c1ccnc(F)c1F)C(C)C. The van der Waals surface area contributed by atoms with E-state index in [1.165, 1.54) is 11.0 Å². The highest BCUT2D eigenvalue weighted by Gasteiger charge is 2.22. The molecular weight excluding hydrogens is 214 g/mol. The molecule has 0 radical (unpaired) electrons. The molecule has 1 aromatic heterocycles. The largest absolute Gasteiger partial charge is 0.336 e. The van der Waals surface area contributed by atoms with Crippen molar-refractivity contribution >= 4 is 5.91 Å². The van der Waals surface area contributed by atoms with Crippen LogP contribution in [0.4, 0.5) is 8.78 Å². The number of nitrogens with zero attached hydrogens (tertiary/aromatic N) is 2. The van der Waals surface area contributed by atoms with Crippen LogP contribution in [-0.2, 0) is 0 Å². The van der Waals surface area contributed by atoms with E-state index in [4.69, 9.17) is 0 Å². The van der Waals surface area contributed by atoms with Gasteiger partial charge >= 0.3 is 0 Å². The lowest BCUT2D eigenvalue weighted by Gasteiger charge is -2.25. The molecule has 0 saturated heterocycles. The van der Waals surface area contributed by atoms with Gasteiger partial charge in [0.2, 0.25) is 5.95 Å². The van der Waals surface area contributed by atoms with Crippen molar-refractivity contribution in [3.8, 4) is 0 Å². The molecule has 0 N–H and O–H groups in total. The predicted octanol–water partition coefficient (Wildman–Crippen LogP) is 2.23. The van der Waals surface area contributed by atoms with Crippen molar-refractivity contribution in [1.82, 2.24) is 9.88 Å². The molecule has 0 aliphatic heterocycles. The topological polar surface area (TPSA) is 33.2 Å². The van der Waals surface area contributed by atoms with E-state index in [9.17, 15) is 13.6 Å². The van der Waals surface area contributed by atoms with Gasteiger partial charge in [0.1, 0.15) is 0 Å². The first-order chi connectivity index (χ1) is 7.49. The molecule has 0 atom stereocenters. The van der Waals surface area contributed by atoms with Crippen molar-refractivity contribution in [2.24, 2.45) is 0 Å². The molecule has 5 heteroatoms. The number of carbonyl (C=O) groups excluding carboxylic acids is 1. The van der Waals surface area contributed by atoms with Crippen LogP contribution in [0.3, 0.4) is 0 Å². The first-order valence-electron chi connectivity index (χ1n) is 5.10. The Labute approximate surface area is 93.1 Å². The number of amides is 1. The molecular formula is C11H14F2N2O. The zero-order valence-electron chi connectivity index (χ0n) is 9.50. The van der Waals surface area contributed by atoms with Gasteiger partial charge in [0.05, 0.1) is 5.56 Å². The van der Waals surface area contributed by atoms with Gasteiger partial charge in [-0.25, -0.2) is 9.37 Å². The second-order valence-electron chi connectivity index (χ2n) is 3.65. The van der Waals surface area contributed by atoms with Gasteiger partial charge in [-0.2, -0.15) is 4.39 Å². The quantitative estimate of drug-likeness (QED) is 0.743. The van der Waals surface area contributed by atoms with Crippen LogP contribution in [0.25, 0.3) is 0 Å². The van der Waals surface area contributed by atoms with E-state index in [0.717, 1.165) is 6.20 Å². The molecule has 0 aliphatic carbocycles. The smallest absolute Gasteiger partial charge is 0.257 e. The lowest BCUT2D eigenvalue weighted by molar-refractivity contribution is 0.0710. The van der Waals surface area contributed by atoms with Crippen molar-refractivity contribution in [1.29, 1.82) is 0 Å². The lowest BCUT2D eigenvalue weighted by atomic mass is 10.2. The lowest BCUT2D eigenvalue weighted by Crippen LogP contribution is -2.37. The van der Waals surface area contributed by atoms with E-state index in [2.05, 4.69) is 4.98 Å². The fraction of sp³-hybridized carbons (Fsp3) is 0.455. The number of rotatable bonds is 3. The molecule has 0 fully saturated rings. The highest BCUT2D eigenvalue weighted by Crippen LogP contribution is 2.13. The van der Waals surface area contributed by atoms with Crippen molar-refractivity contribution in [3.05, 3.63) is 29.6 Å². The summed E-state index contributed by atoms with van der Waals surface area (Å²) in [5.41, 5.74) is -0.275. The van der Waals surface area contributed by atoms with E-state index in [1.54, 1.807) is 6.92 Å². The van der Waals surface area contributed by atoms with Crippen molar-refractivity contribution in [3.63, 3.8) is 0 Å². The zero-order chi connectivity index (χ0) is 12.3. The summed E-state index contributed by atoms with van der Waals surface area (Å²) >= 11 is 0. The molecule has 1 aromatic rings. The second kappa shape index (κ2) is 5.01. The summed E-state index contributed by atoms with van der Waals surface area (Å²) in [7, 11) is 0. The summed E-state index contributed by atoms with van der Waals surface area (Å²) in [4.78, 5) is 16.5. The maximum absolute atomic E-state index is 13.3. The number of hydrogen-bond acceptors (Lipinski definition) is 2. The summed E-state index contributed by atoms with van der Waals surface area (Å²) in [6, 6.07) is 1.12. The molecule has 1 heterocycles. The second-order valence-corrected chi connectivity index (χ2v) is 3.65. The van der Waals surface area contributed by atoms with Crippen molar-refractivity contribution in [2.75, 3.05) is 6.54 Å². The maximum Gasteiger partial charge on any atom is 0.257 e. The Morgan fingerprint density at radius 2 is 2.12 bits per heavy atom. The number of halogens is 2. The molecule has 0 spiro atoms. The zero-order valence-corrected chi connectivity index (χ0v) is 9.50. The van der Waals surface area contributed by atoms with E-state index in [-0.39, 0.29) is 11.6 Å². The minimum absolute atomic E-state index is 0.0619. The van der Waals surface area contributed by atoms with Gasteiger partial charge in [-0.1, -0.05) is 0 Å². The standard InChI is InChI=1S/C11H14F2N2O/c1-4-15(7(2)3)11(16)8-5-6-14-10(13)9(8)12/h5-7H,4H2,1-3H3. The van der Waals surface area contributed by atoms with E-state index in [0.29, 0.717) is 6.54 Å².